The largest absolute Gasteiger partial charge is 0.397 e. The van der Waals surface area contributed by atoms with Crippen molar-refractivity contribution in [1.82, 2.24) is 0 Å². The third-order valence-electron chi connectivity index (χ3n) is 2.76. The number of nitrogens with two attached hydrogens (primary N) is 2. The van der Waals surface area contributed by atoms with E-state index in [9.17, 15) is 8.42 Å². The van der Waals surface area contributed by atoms with Crippen molar-refractivity contribution in [1.29, 1.82) is 0 Å². The molecular weight excluding hydrogens is 266 g/mol. The molecule has 0 unspecified atom stereocenters. The number of sulfonamides is 1. The van der Waals surface area contributed by atoms with Crippen molar-refractivity contribution < 1.29 is 13.2 Å². The Balaban J connectivity index is 3.02. The molecule has 1 aromatic rings. The summed E-state index contributed by atoms with van der Waals surface area (Å²) >= 11 is 0. The van der Waals surface area contributed by atoms with Crippen LogP contribution in [-0.2, 0) is 14.8 Å². The Kier molecular flexibility index (Phi) is 5.59. The van der Waals surface area contributed by atoms with Crippen LogP contribution in [0.2, 0.25) is 0 Å². The number of rotatable bonds is 7. The van der Waals surface area contributed by atoms with E-state index in [0.717, 1.165) is 0 Å². The Bertz CT molecular complexity index is 517. The zero-order chi connectivity index (χ0) is 14.5. The smallest absolute Gasteiger partial charge is 0.238 e. The van der Waals surface area contributed by atoms with Crippen LogP contribution < -0.4 is 15.8 Å². The summed E-state index contributed by atoms with van der Waals surface area (Å²) in [7, 11) is -3.72. The van der Waals surface area contributed by atoms with Crippen LogP contribution in [0, 0.1) is 0 Å². The fourth-order valence-electron chi connectivity index (χ4n) is 1.74. The van der Waals surface area contributed by atoms with E-state index in [1.165, 1.54) is 12.1 Å². The van der Waals surface area contributed by atoms with Gasteiger partial charge in [0.05, 0.1) is 22.9 Å². The summed E-state index contributed by atoms with van der Waals surface area (Å²) in [6.45, 7) is 6.43. The average molecular weight is 287 g/mol. The number of ether oxygens (including phenoxy) is 1. The molecule has 0 aliphatic carbocycles. The number of likely N-dealkylation sites (N-methyl/N-ethyl adjacent to an activating group) is 1. The minimum Gasteiger partial charge on any atom is -0.397 e. The second-order valence-corrected chi connectivity index (χ2v) is 5.60. The molecule has 108 valence electrons. The fourth-order valence-corrected chi connectivity index (χ4v) is 2.28. The molecule has 0 spiro atoms. The van der Waals surface area contributed by atoms with Crippen LogP contribution in [-0.4, -0.2) is 34.7 Å². The lowest BCUT2D eigenvalue weighted by atomic mass is 10.2. The van der Waals surface area contributed by atoms with Crippen LogP contribution >= 0.6 is 0 Å². The summed E-state index contributed by atoms with van der Waals surface area (Å²) in [5.74, 6) is 0. The lowest BCUT2D eigenvalue weighted by molar-refractivity contribution is 0.154. The van der Waals surface area contributed by atoms with Gasteiger partial charge in [0.25, 0.3) is 0 Å². The first-order chi connectivity index (χ1) is 8.90. The van der Waals surface area contributed by atoms with Crippen molar-refractivity contribution in [2.24, 2.45) is 5.14 Å². The van der Waals surface area contributed by atoms with Gasteiger partial charge in [0, 0.05) is 19.7 Å². The van der Waals surface area contributed by atoms with Gasteiger partial charge in [-0.05, 0) is 32.0 Å². The van der Waals surface area contributed by atoms with Gasteiger partial charge in [0.15, 0.2) is 0 Å². The number of nitrogens with zero attached hydrogens (tertiary/aromatic N) is 1. The summed E-state index contributed by atoms with van der Waals surface area (Å²) in [6.07, 6.45) is 0. The van der Waals surface area contributed by atoms with Gasteiger partial charge in [-0.1, -0.05) is 0 Å². The highest BCUT2D eigenvalue weighted by atomic mass is 32.2. The van der Waals surface area contributed by atoms with Crippen molar-refractivity contribution in [3.63, 3.8) is 0 Å². The summed E-state index contributed by atoms with van der Waals surface area (Å²) in [4.78, 5) is 2.02. The third-order valence-corrected chi connectivity index (χ3v) is 3.67. The normalized spacial score (nSPS) is 11.5. The van der Waals surface area contributed by atoms with E-state index in [4.69, 9.17) is 15.6 Å². The molecule has 4 N–H and O–H groups in total. The second kappa shape index (κ2) is 6.74. The minimum atomic E-state index is -3.72. The second-order valence-electron chi connectivity index (χ2n) is 4.04. The zero-order valence-electron chi connectivity index (χ0n) is 11.3. The molecule has 0 atom stereocenters. The summed E-state index contributed by atoms with van der Waals surface area (Å²) in [5, 5.41) is 5.13. The molecule has 7 heteroatoms. The highest BCUT2D eigenvalue weighted by Crippen LogP contribution is 2.26. The third kappa shape index (κ3) is 4.38. The van der Waals surface area contributed by atoms with Gasteiger partial charge < -0.3 is 15.4 Å². The molecule has 1 rings (SSSR count). The van der Waals surface area contributed by atoms with E-state index in [2.05, 4.69) is 0 Å². The van der Waals surface area contributed by atoms with Crippen LogP contribution in [0.4, 0.5) is 11.4 Å². The molecular formula is C12H21N3O3S. The van der Waals surface area contributed by atoms with Crippen LogP contribution in [0.3, 0.4) is 0 Å². The van der Waals surface area contributed by atoms with Gasteiger partial charge in [-0.3, -0.25) is 0 Å². The lowest BCUT2D eigenvalue weighted by Crippen LogP contribution is -2.28. The first-order valence-electron chi connectivity index (χ1n) is 6.15. The Morgan fingerprint density at radius 1 is 1.32 bits per heavy atom. The summed E-state index contributed by atoms with van der Waals surface area (Å²) < 4.78 is 28.0. The van der Waals surface area contributed by atoms with E-state index < -0.39 is 10.0 Å². The van der Waals surface area contributed by atoms with Gasteiger partial charge in [0.1, 0.15) is 0 Å². The first kappa shape index (κ1) is 15.7. The molecule has 6 nitrogen and oxygen atoms in total. The molecule has 0 aliphatic heterocycles. The topological polar surface area (TPSA) is 98.6 Å². The van der Waals surface area contributed by atoms with Crippen molar-refractivity contribution in [3.8, 4) is 0 Å². The summed E-state index contributed by atoms with van der Waals surface area (Å²) in [5.41, 5.74) is 7.08. The molecule has 0 aliphatic rings. The Morgan fingerprint density at radius 2 is 2.00 bits per heavy atom. The Hall–Kier alpha value is -1.31. The molecule has 0 radical (unpaired) electrons. The first-order valence-corrected chi connectivity index (χ1v) is 7.69. The van der Waals surface area contributed by atoms with E-state index in [1.807, 2.05) is 18.7 Å². The quantitative estimate of drug-likeness (QED) is 0.570. The van der Waals surface area contributed by atoms with Crippen LogP contribution in [0.25, 0.3) is 0 Å². The number of anilines is 2. The SMILES string of the molecule is CCOCCN(CC)c1cc(S(N)(=O)=O)ccc1N. The number of benzene rings is 1. The highest BCUT2D eigenvalue weighted by Gasteiger charge is 2.14. The van der Waals surface area contributed by atoms with Crippen LogP contribution in [0.1, 0.15) is 13.8 Å². The monoisotopic (exact) mass is 287 g/mol. The number of nitrogen functional groups attached to an aromatic ring is 1. The molecule has 0 aromatic heterocycles. The molecule has 0 heterocycles. The van der Waals surface area contributed by atoms with Crippen LogP contribution in [0.5, 0.6) is 0 Å². The van der Waals surface area contributed by atoms with Gasteiger partial charge in [-0.15, -0.1) is 0 Å². The molecule has 0 fully saturated rings. The maximum atomic E-state index is 11.4. The van der Waals surface area contributed by atoms with E-state index >= 15 is 0 Å². The minimum absolute atomic E-state index is 0.0616. The van der Waals surface area contributed by atoms with E-state index in [1.54, 1.807) is 6.07 Å². The zero-order valence-corrected chi connectivity index (χ0v) is 12.1. The van der Waals surface area contributed by atoms with E-state index in [-0.39, 0.29) is 4.90 Å². The van der Waals surface area contributed by atoms with Crippen molar-refractivity contribution >= 4 is 21.4 Å². The fraction of sp³-hybridized carbons (Fsp3) is 0.500. The number of hydrogen-bond acceptors (Lipinski definition) is 5. The molecule has 0 amide bonds. The van der Waals surface area contributed by atoms with Gasteiger partial charge in [-0.25, -0.2) is 13.6 Å². The molecule has 0 saturated carbocycles. The van der Waals surface area contributed by atoms with Gasteiger partial charge in [-0.2, -0.15) is 0 Å². The lowest BCUT2D eigenvalue weighted by Gasteiger charge is -2.24. The van der Waals surface area contributed by atoms with E-state index in [0.29, 0.717) is 37.7 Å². The predicted molar refractivity (Wildman–Crippen MR) is 76.6 cm³/mol. The standard InChI is InChI=1S/C12H21N3O3S/c1-3-15(7-8-18-4-2)12-9-10(19(14,16)17)5-6-11(12)13/h5-6,9H,3-4,7-8,13H2,1-2H3,(H2,14,16,17). The summed E-state index contributed by atoms with van der Waals surface area (Å²) in [6, 6.07) is 4.46. The molecule has 0 saturated heterocycles. The highest BCUT2D eigenvalue weighted by molar-refractivity contribution is 7.89. The van der Waals surface area contributed by atoms with Gasteiger partial charge >= 0.3 is 0 Å². The molecule has 0 bridgehead atoms. The van der Waals surface area contributed by atoms with Gasteiger partial charge in [0.2, 0.25) is 10.0 Å². The van der Waals surface area contributed by atoms with Crippen LogP contribution in [0.15, 0.2) is 23.1 Å². The molecule has 19 heavy (non-hydrogen) atoms. The maximum absolute atomic E-state index is 11.4. The number of hydrogen-bond donors (Lipinski definition) is 2. The van der Waals surface area contributed by atoms with Crippen molar-refractivity contribution in [2.75, 3.05) is 36.9 Å². The predicted octanol–water partition coefficient (Wildman–Crippen LogP) is 0.779. The maximum Gasteiger partial charge on any atom is 0.238 e. The van der Waals surface area contributed by atoms with Crippen molar-refractivity contribution in [2.45, 2.75) is 18.7 Å². The molecule has 1 aromatic carbocycles. The number of primary sulfonamides is 1. The average Bonchev–Trinajstić information content (AvgIpc) is 2.34. The Labute approximate surface area is 114 Å². The Morgan fingerprint density at radius 3 is 2.53 bits per heavy atom. The van der Waals surface area contributed by atoms with Crippen molar-refractivity contribution in [3.05, 3.63) is 18.2 Å².